The molecule has 23 heavy (non-hydrogen) atoms. The summed E-state index contributed by atoms with van der Waals surface area (Å²) in [6, 6.07) is 3.02. The highest BCUT2D eigenvalue weighted by atomic mass is 16.5. The van der Waals surface area contributed by atoms with E-state index in [1.165, 1.54) is 32.4 Å². The first-order valence-corrected chi connectivity index (χ1v) is 8.29. The molecule has 0 aliphatic heterocycles. The zero-order valence-electron chi connectivity index (χ0n) is 14.4. The van der Waals surface area contributed by atoms with Gasteiger partial charge in [0.15, 0.2) is 11.5 Å². The molecule has 1 aromatic carbocycles. The van der Waals surface area contributed by atoms with Crippen LogP contribution >= 0.6 is 0 Å². The van der Waals surface area contributed by atoms with Crippen molar-refractivity contribution in [2.75, 3.05) is 7.11 Å². The monoisotopic (exact) mass is 323 g/mol. The van der Waals surface area contributed by atoms with E-state index >= 15 is 0 Å². The second kappa shape index (κ2) is 9.98. The summed E-state index contributed by atoms with van der Waals surface area (Å²) in [7, 11) is 1.41. The van der Waals surface area contributed by atoms with E-state index in [1.807, 2.05) is 0 Å². The Morgan fingerprint density at radius 3 is 2.52 bits per heavy atom. The number of rotatable bonds is 10. The maximum atomic E-state index is 11.8. The van der Waals surface area contributed by atoms with Gasteiger partial charge < -0.3 is 20.3 Å². The van der Waals surface area contributed by atoms with Gasteiger partial charge in [-0.15, -0.1) is 0 Å². The number of phenolic OH excluding ortho intramolecular Hbond substituents is 2. The molecule has 0 heterocycles. The number of ether oxygens (including phenoxy) is 1. The maximum Gasteiger partial charge on any atom is 0.220 e. The van der Waals surface area contributed by atoms with Crippen LogP contribution in [-0.2, 0) is 11.3 Å². The van der Waals surface area contributed by atoms with Crippen LogP contribution in [0.15, 0.2) is 12.1 Å². The van der Waals surface area contributed by atoms with Gasteiger partial charge in [-0.25, -0.2) is 0 Å². The molecule has 1 rings (SSSR count). The van der Waals surface area contributed by atoms with Crippen molar-refractivity contribution in [1.82, 2.24) is 5.32 Å². The summed E-state index contributed by atoms with van der Waals surface area (Å²) >= 11 is 0. The summed E-state index contributed by atoms with van der Waals surface area (Å²) in [5.41, 5.74) is 0.683. The van der Waals surface area contributed by atoms with Gasteiger partial charge in [-0.3, -0.25) is 4.79 Å². The number of hydrogen-bond acceptors (Lipinski definition) is 4. The molecule has 0 aliphatic carbocycles. The Bertz CT molecular complexity index is 500. The van der Waals surface area contributed by atoms with Crippen LogP contribution in [0.25, 0.3) is 0 Å². The molecule has 0 fully saturated rings. The van der Waals surface area contributed by atoms with Gasteiger partial charge in [0.1, 0.15) is 0 Å². The molecule has 0 saturated heterocycles. The highest BCUT2D eigenvalue weighted by Crippen LogP contribution is 2.36. The largest absolute Gasteiger partial charge is 0.504 e. The molecular weight excluding hydrogens is 294 g/mol. The lowest BCUT2D eigenvalue weighted by molar-refractivity contribution is -0.121. The number of amides is 1. The van der Waals surface area contributed by atoms with Crippen LogP contribution in [0.1, 0.15) is 57.9 Å². The van der Waals surface area contributed by atoms with Crippen molar-refractivity contribution >= 4 is 5.91 Å². The minimum Gasteiger partial charge on any atom is -0.504 e. The Labute approximate surface area is 138 Å². The van der Waals surface area contributed by atoms with Crippen LogP contribution < -0.4 is 10.1 Å². The zero-order valence-corrected chi connectivity index (χ0v) is 14.4. The van der Waals surface area contributed by atoms with Crippen molar-refractivity contribution in [3.8, 4) is 17.2 Å². The van der Waals surface area contributed by atoms with E-state index in [4.69, 9.17) is 4.74 Å². The van der Waals surface area contributed by atoms with Crippen LogP contribution in [0.2, 0.25) is 0 Å². The van der Waals surface area contributed by atoms with Crippen molar-refractivity contribution in [1.29, 1.82) is 0 Å². The van der Waals surface area contributed by atoms with E-state index in [2.05, 4.69) is 19.2 Å². The minimum absolute atomic E-state index is 0.000362. The molecule has 3 N–H and O–H groups in total. The molecule has 5 heteroatoms. The fourth-order valence-corrected chi connectivity index (χ4v) is 2.39. The van der Waals surface area contributed by atoms with Gasteiger partial charge in [0.25, 0.3) is 0 Å². The van der Waals surface area contributed by atoms with E-state index in [0.717, 1.165) is 18.8 Å². The number of unbranched alkanes of at least 4 members (excludes halogenated alkanes) is 3. The second-order valence-corrected chi connectivity index (χ2v) is 6.29. The molecule has 1 aromatic rings. The molecule has 0 spiro atoms. The SMILES string of the molecule is COc1cc(CNC(=O)CCCCCCC(C)C)cc(O)c1O. The van der Waals surface area contributed by atoms with E-state index < -0.39 is 0 Å². The Kier molecular flexibility index (Phi) is 8.30. The maximum absolute atomic E-state index is 11.8. The Hall–Kier alpha value is -1.91. The van der Waals surface area contributed by atoms with E-state index in [-0.39, 0.29) is 23.2 Å². The third-order valence-electron chi connectivity index (χ3n) is 3.76. The average Bonchev–Trinajstić information content (AvgIpc) is 2.51. The fourth-order valence-electron chi connectivity index (χ4n) is 2.39. The van der Waals surface area contributed by atoms with Crippen molar-refractivity contribution < 1.29 is 19.7 Å². The quantitative estimate of drug-likeness (QED) is 0.453. The lowest BCUT2D eigenvalue weighted by Crippen LogP contribution is -2.22. The van der Waals surface area contributed by atoms with Gasteiger partial charge in [0.05, 0.1) is 7.11 Å². The van der Waals surface area contributed by atoms with E-state index in [0.29, 0.717) is 18.5 Å². The molecule has 0 radical (unpaired) electrons. The van der Waals surface area contributed by atoms with E-state index in [9.17, 15) is 15.0 Å². The molecule has 0 unspecified atom stereocenters. The van der Waals surface area contributed by atoms with Gasteiger partial charge in [0.2, 0.25) is 11.7 Å². The number of carbonyl (C=O) groups is 1. The molecule has 5 nitrogen and oxygen atoms in total. The van der Waals surface area contributed by atoms with Crippen molar-refractivity contribution in [2.45, 2.75) is 58.9 Å². The molecule has 1 amide bonds. The highest BCUT2D eigenvalue weighted by molar-refractivity contribution is 5.75. The summed E-state index contributed by atoms with van der Waals surface area (Å²) in [5.74, 6) is 0.402. The predicted molar refractivity (Wildman–Crippen MR) is 90.7 cm³/mol. The number of hydrogen-bond donors (Lipinski definition) is 3. The first-order chi connectivity index (χ1) is 10.9. The number of nitrogens with one attached hydrogen (secondary N) is 1. The van der Waals surface area contributed by atoms with Crippen LogP contribution in [0, 0.1) is 5.92 Å². The second-order valence-electron chi connectivity index (χ2n) is 6.29. The van der Waals surface area contributed by atoms with Gasteiger partial charge in [0, 0.05) is 13.0 Å². The van der Waals surface area contributed by atoms with Gasteiger partial charge in [-0.05, 0) is 30.0 Å². The molecule has 0 aliphatic rings. The van der Waals surface area contributed by atoms with Crippen LogP contribution in [-0.4, -0.2) is 23.2 Å². The standard InChI is InChI=1S/C18H29NO4/c1-13(2)8-6-4-5-7-9-17(21)19-12-14-10-15(20)18(22)16(11-14)23-3/h10-11,13,20,22H,4-9,12H2,1-3H3,(H,19,21). The topological polar surface area (TPSA) is 78.8 Å². The van der Waals surface area contributed by atoms with Gasteiger partial charge in [-0.1, -0.05) is 39.5 Å². The lowest BCUT2D eigenvalue weighted by Gasteiger charge is -2.10. The van der Waals surface area contributed by atoms with Crippen molar-refractivity contribution in [3.63, 3.8) is 0 Å². The number of benzene rings is 1. The molecule has 0 saturated carbocycles. The number of phenols is 2. The lowest BCUT2D eigenvalue weighted by atomic mass is 10.0. The Morgan fingerprint density at radius 1 is 1.17 bits per heavy atom. The Morgan fingerprint density at radius 2 is 1.87 bits per heavy atom. The third-order valence-corrected chi connectivity index (χ3v) is 3.76. The third kappa shape index (κ3) is 7.26. The van der Waals surface area contributed by atoms with Crippen LogP contribution in [0.4, 0.5) is 0 Å². The summed E-state index contributed by atoms with van der Waals surface area (Å²) in [5, 5.41) is 22.0. The number of methoxy groups -OCH3 is 1. The first-order valence-electron chi connectivity index (χ1n) is 8.29. The van der Waals surface area contributed by atoms with Crippen LogP contribution in [0.5, 0.6) is 17.2 Å². The smallest absolute Gasteiger partial charge is 0.220 e. The number of aromatic hydroxyl groups is 2. The van der Waals surface area contributed by atoms with Crippen molar-refractivity contribution in [3.05, 3.63) is 17.7 Å². The van der Waals surface area contributed by atoms with Gasteiger partial charge >= 0.3 is 0 Å². The normalized spacial score (nSPS) is 10.8. The summed E-state index contributed by atoms with van der Waals surface area (Å²) in [4.78, 5) is 11.8. The van der Waals surface area contributed by atoms with E-state index in [1.54, 1.807) is 6.07 Å². The predicted octanol–water partition coefficient (Wildman–Crippen LogP) is 3.72. The van der Waals surface area contributed by atoms with Crippen LogP contribution in [0.3, 0.4) is 0 Å². The van der Waals surface area contributed by atoms with Gasteiger partial charge in [-0.2, -0.15) is 0 Å². The van der Waals surface area contributed by atoms with Crippen molar-refractivity contribution in [2.24, 2.45) is 5.92 Å². The average molecular weight is 323 g/mol. The molecule has 0 atom stereocenters. The summed E-state index contributed by atoms with van der Waals surface area (Å²) in [6.07, 6.45) is 6.14. The zero-order chi connectivity index (χ0) is 17.2. The Balaban J connectivity index is 2.27. The summed E-state index contributed by atoms with van der Waals surface area (Å²) < 4.78 is 4.97. The molecule has 130 valence electrons. The molecule has 0 aromatic heterocycles. The molecular formula is C18H29NO4. The summed E-state index contributed by atoms with van der Waals surface area (Å²) in [6.45, 7) is 4.75. The fraction of sp³-hybridized carbons (Fsp3) is 0.611. The first kappa shape index (κ1) is 19.1. The minimum atomic E-state index is -0.288. The molecule has 0 bridgehead atoms. The highest BCUT2D eigenvalue weighted by Gasteiger charge is 2.10. The number of carbonyl (C=O) groups excluding carboxylic acids is 1.